The van der Waals surface area contributed by atoms with Gasteiger partial charge in [-0.15, -0.1) is 11.3 Å². The molecule has 16 heavy (non-hydrogen) atoms. The van der Waals surface area contributed by atoms with E-state index in [1.165, 1.54) is 0 Å². The molecule has 2 unspecified atom stereocenters. The van der Waals surface area contributed by atoms with Crippen LogP contribution in [0.15, 0.2) is 11.4 Å². The lowest BCUT2D eigenvalue weighted by atomic mass is 9.94. The fraction of sp³-hybridized carbons (Fsp3) is 0.545. The second-order valence-corrected chi connectivity index (χ2v) is 6.99. The zero-order valence-corrected chi connectivity index (χ0v) is 12.1. The summed E-state index contributed by atoms with van der Waals surface area (Å²) in [6, 6.07) is 2.19. The lowest BCUT2D eigenvalue weighted by Crippen LogP contribution is -2.50. The first-order valence-corrected chi connectivity index (χ1v) is 7.38. The van der Waals surface area contributed by atoms with Gasteiger partial charge in [0.2, 0.25) is 0 Å². The lowest BCUT2D eigenvalue weighted by molar-refractivity contribution is 0.0915. The Morgan fingerprint density at radius 2 is 2.50 bits per heavy atom. The van der Waals surface area contributed by atoms with Crippen molar-refractivity contribution in [1.29, 1.82) is 0 Å². The van der Waals surface area contributed by atoms with Crippen LogP contribution < -0.4 is 10.6 Å². The maximum absolute atomic E-state index is 11.9. The maximum atomic E-state index is 11.9. The van der Waals surface area contributed by atoms with Crippen molar-refractivity contribution < 1.29 is 4.79 Å². The molecule has 1 aliphatic rings. The number of halogens is 1. The number of rotatable bonds is 2. The summed E-state index contributed by atoms with van der Waals surface area (Å²) < 4.78 is 1.15. The van der Waals surface area contributed by atoms with E-state index in [0.29, 0.717) is 5.92 Å². The maximum Gasteiger partial charge on any atom is 0.252 e. The molecule has 2 atom stereocenters. The number of amides is 1. The summed E-state index contributed by atoms with van der Waals surface area (Å²) in [4.78, 5) is 11.9. The third kappa shape index (κ3) is 2.95. The smallest absolute Gasteiger partial charge is 0.252 e. The van der Waals surface area contributed by atoms with E-state index < -0.39 is 0 Å². The second kappa shape index (κ2) is 5.46. The number of hydrogen-bond donors (Lipinski definition) is 2. The van der Waals surface area contributed by atoms with Crippen molar-refractivity contribution in [2.45, 2.75) is 19.4 Å². The average Bonchev–Trinajstić information content (AvgIpc) is 2.68. The van der Waals surface area contributed by atoms with E-state index in [0.717, 1.165) is 28.0 Å². The van der Waals surface area contributed by atoms with Crippen LogP contribution in [0.1, 0.15) is 23.7 Å². The van der Waals surface area contributed by atoms with Crippen molar-refractivity contribution in [3.63, 3.8) is 0 Å². The second-order valence-electron chi connectivity index (χ2n) is 4.19. The molecule has 2 N–H and O–H groups in total. The van der Waals surface area contributed by atoms with Gasteiger partial charge in [0.05, 0.1) is 8.45 Å². The first-order chi connectivity index (χ1) is 7.66. The molecule has 1 saturated heterocycles. The third-order valence-electron chi connectivity index (χ3n) is 2.97. The predicted molar refractivity (Wildman–Crippen MR) is 74.9 cm³/mol. The molecule has 0 bridgehead atoms. The van der Waals surface area contributed by atoms with Crippen molar-refractivity contribution in [2.24, 2.45) is 5.92 Å². The summed E-state index contributed by atoms with van der Waals surface area (Å²) in [6.45, 7) is 4.14. The van der Waals surface area contributed by atoms with Gasteiger partial charge in [0.25, 0.3) is 5.91 Å². The SMILES string of the molecule is CC1CCNCC1NC(=O)c1csc(I)c1. The number of piperidine rings is 1. The zero-order valence-electron chi connectivity index (χ0n) is 9.13. The Morgan fingerprint density at radius 3 is 3.12 bits per heavy atom. The molecule has 0 radical (unpaired) electrons. The highest BCUT2D eigenvalue weighted by Crippen LogP contribution is 2.17. The van der Waals surface area contributed by atoms with E-state index in [9.17, 15) is 4.79 Å². The van der Waals surface area contributed by atoms with Crippen molar-refractivity contribution in [2.75, 3.05) is 13.1 Å². The van der Waals surface area contributed by atoms with E-state index in [4.69, 9.17) is 0 Å². The molecule has 2 heterocycles. The van der Waals surface area contributed by atoms with Crippen molar-refractivity contribution in [3.8, 4) is 0 Å². The fourth-order valence-electron chi connectivity index (χ4n) is 1.86. The Morgan fingerprint density at radius 1 is 1.69 bits per heavy atom. The molecule has 0 aliphatic carbocycles. The van der Waals surface area contributed by atoms with Gasteiger partial charge in [0, 0.05) is 18.0 Å². The summed E-state index contributed by atoms with van der Waals surface area (Å²) >= 11 is 3.84. The first-order valence-electron chi connectivity index (χ1n) is 5.42. The van der Waals surface area contributed by atoms with Crippen LogP contribution in [0.3, 0.4) is 0 Å². The van der Waals surface area contributed by atoms with Crippen LogP contribution in [0.4, 0.5) is 0 Å². The zero-order chi connectivity index (χ0) is 11.5. The summed E-state index contributed by atoms with van der Waals surface area (Å²) in [7, 11) is 0. The van der Waals surface area contributed by atoms with E-state index in [1.807, 2.05) is 11.4 Å². The molecule has 88 valence electrons. The number of carbonyl (C=O) groups excluding carboxylic acids is 1. The van der Waals surface area contributed by atoms with E-state index in [-0.39, 0.29) is 11.9 Å². The largest absolute Gasteiger partial charge is 0.348 e. The van der Waals surface area contributed by atoms with Crippen molar-refractivity contribution in [3.05, 3.63) is 19.9 Å². The van der Waals surface area contributed by atoms with Crippen LogP contribution in [-0.2, 0) is 0 Å². The summed E-state index contributed by atoms with van der Waals surface area (Å²) in [5.41, 5.74) is 0.784. The highest BCUT2D eigenvalue weighted by molar-refractivity contribution is 14.1. The number of carbonyl (C=O) groups is 1. The highest BCUT2D eigenvalue weighted by atomic mass is 127. The van der Waals surface area contributed by atoms with Gasteiger partial charge in [-0.3, -0.25) is 4.79 Å². The molecule has 1 aromatic rings. The van der Waals surface area contributed by atoms with Crippen LogP contribution >= 0.6 is 33.9 Å². The average molecular weight is 350 g/mol. The van der Waals surface area contributed by atoms with Crippen molar-refractivity contribution >= 4 is 39.8 Å². The van der Waals surface area contributed by atoms with E-state index in [1.54, 1.807) is 11.3 Å². The van der Waals surface area contributed by atoms with Crippen LogP contribution in [0.5, 0.6) is 0 Å². The third-order valence-corrected chi connectivity index (χ3v) is 4.76. The quantitative estimate of drug-likeness (QED) is 0.802. The van der Waals surface area contributed by atoms with Gasteiger partial charge >= 0.3 is 0 Å². The highest BCUT2D eigenvalue weighted by Gasteiger charge is 2.23. The van der Waals surface area contributed by atoms with Gasteiger partial charge < -0.3 is 10.6 Å². The molecule has 5 heteroatoms. The van der Waals surface area contributed by atoms with E-state index in [2.05, 4.69) is 40.1 Å². The molecule has 3 nitrogen and oxygen atoms in total. The van der Waals surface area contributed by atoms with Gasteiger partial charge in [0.15, 0.2) is 0 Å². The Hall–Kier alpha value is -0.140. The predicted octanol–water partition coefficient (Wildman–Crippen LogP) is 2.08. The normalized spacial score (nSPS) is 25.4. The van der Waals surface area contributed by atoms with Crippen LogP contribution in [0.2, 0.25) is 0 Å². The topological polar surface area (TPSA) is 41.1 Å². The lowest BCUT2D eigenvalue weighted by Gasteiger charge is -2.30. The van der Waals surface area contributed by atoms with Gasteiger partial charge in [-0.25, -0.2) is 0 Å². The molecular weight excluding hydrogens is 335 g/mol. The summed E-state index contributed by atoms with van der Waals surface area (Å²) in [5, 5.41) is 8.33. The Balaban J connectivity index is 1.96. The summed E-state index contributed by atoms with van der Waals surface area (Å²) in [5.74, 6) is 0.614. The number of hydrogen-bond acceptors (Lipinski definition) is 3. The number of thiophene rings is 1. The van der Waals surface area contributed by atoms with E-state index >= 15 is 0 Å². The number of nitrogens with one attached hydrogen (secondary N) is 2. The molecule has 1 amide bonds. The van der Waals surface area contributed by atoms with Gasteiger partial charge in [-0.1, -0.05) is 6.92 Å². The molecule has 2 rings (SSSR count). The molecule has 1 fully saturated rings. The molecule has 0 aromatic carbocycles. The van der Waals surface area contributed by atoms with Crippen LogP contribution in [0, 0.1) is 8.80 Å². The monoisotopic (exact) mass is 350 g/mol. The standard InChI is InChI=1S/C11H15IN2OS/c1-7-2-3-13-5-9(7)14-11(15)8-4-10(12)16-6-8/h4,6-7,9,13H,2-3,5H2,1H3,(H,14,15). The van der Waals surface area contributed by atoms with Gasteiger partial charge in [-0.05, 0) is 47.5 Å². The Bertz CT molecular complexity index is 380. The molecular formula is C11H15IN2OS. The Labute approximate surface area is 113 Å². The fourth-order valence-corrected chi connectivity index (χ4v) is 3.19. The van der Waals surface area contributed by atoms with Crippen LogP contribution in [0.25, 0.3) is 0 Å². The Kier molecular flexibility index (Phi) is 4.21. The molecule has 0 spiro atoms. The first kappa shape index (κ1) is 12.3. The molecule has 1 aromatic heterocycles. The minimum absolute atomic E-state index is 0.0553. The van der Waals surface area contributed by atoms with Gasteiger partial charge in [0.1, 0.15) is 0 Å². The minimum atomic E-state index is 0.0553. The molecule has 0 saturated carbocycles. The summed E-state index contributed by atoms with van der Waals surface area (Å²) in [6.07, 6.45) is 1.13. The van der Waals surface area contributed by atoms with Crippen LogP contribution in [-0.4, -0.2) is 25.0 Å². The van der Waals surface area contributed by atoms with Gasteiger partial charge in [-0.2, -0.15) is 0 Å². The minimum Gasteiger partial charge on any atom is -0.348 e. The molecule has 1 aliphatic heterocycles. The van der Waals surface area contributed by atoms with Crippen molar-refractivity contribution in [1.82, 2.24) is 10.6 Å².